The molecule has 98 valence electrons. The molecule has 6 heteroatoms. The van der Waals surface area contributed by atoms with E-state index in [1.54, 1.807) is 0 Å². The van der Waals surface area contributed by atoms with Gasteiger partial charge in [-0.05, 0) is 24.8 Å². The van der Waals surface area contributed by atoms with Crippen LogP contribution in [0, 0.1) is 16.0 Å². The Morgan fingerprint density at radius 1 is 1.44 bits per heavy atom. The number of nitrogens with zero attached hydrogens (tertiary/aromatic N) is 1. The number of nitrogens with two attached hydrogens (primary N) is 1. The molecule has 1 aromatic carbocycles. The van der Waals surface area contributed by atoms with Crippen molar-refractivity contribution in [2.45, 2.75) is 31.4 Å². The number of nitro groups is 1. The molecule has 1 saturated carbocycles. The fourth-order valence-electron chi connectivity index (χ4n) is 2.18. The maximum absolute atomic E-state index is 10.7. The van der Waals surface area contributed by atoms with Gasteiger partial charge in [0.15, 0.2) is 0 Å². The quantitative estimate of drug-likeness (QED) is 0.555. The van der Waals surface area contributed by atoms with E-state index in [0.717, 1.165) is 19.3 Å². The van der Waals surface area contributed by atoms with Crippen molar-refractivity contribution in [3.8, 4) is 5.75 Å². The summed E-state index contributed by atoms with van der Waals surface area (Å²) in [6, 6.07) is 2.87. The number of hydrogen-bond donors (Lipinski definition) is 3. The van der Waals surface area contributed by atoms with Gasteiger partial charge in [0.2, 0.25) is 0 Å². The van der Waals surface area contributed by atoms with Gasteiger partial charge in [0.05, 0.1) is 17.1 Å². The van der Waals surface area contributed by atoms with E-state index in [9.17, 15) is 20.3 Å². The highest BCUT2D eigenvalue weighted by Crippen LogP contribution is 2.37. The molecule has 1 aliphatic rings. The van der Waals surface area contributed by atoms with Gasteiger partial charge in [-0.25, -0.2) is 0 Å². The lowest BCUT2D eigenvalue weighted by molar-refractivity contribution is -0.385. The summed E-state index contributed by atoms with van der Waals surface area (Å²) in [6.45, 7) is 0. The lowest BCUT2D eigenvalue weighted by Crippen LogP contribution is -2.36. The topological polar surface area (TPSA) is 110 Å². The van der Waals surface area contributed by atoms with Gasteiger partial charge >= 0.3 is 0 Å². The van der Waals surface area contributed by atoms with Crippen LogP contribution in [0.1, 0.15) is 30.9 Å². The normalized spacial score (nSPS) is 19.0. The fourth-order valence-corrected chi connectivity index (χ4v) is 2.18. The van der Waals surface area contributed by atoms with Crippen LogP contribution in [-0.2, 0) is 0 Å². The van der Waals surface area contributed by atoms with Gasteiger partial charge in [-0.15, -0.1) is 0 Å². The Balaban J connectivity index is 2.25. The first-order valence-corrected chi connectivity index (χ1v) is 5.91. The van der Waals surface area contributed by atoms with Gasteiger partial charge in [-0.3, -0.25) is 10.1 Å². The first-order valence-electron chi connectivity index (χ1n) is 5.91. The van der Waals surface area contributed by atoms with Gasteiger partial charge in [-0.2, -0.15) is 0 Å². The van der Waals surface area contributed by atoms with Crippen molar-refractivity contribution in [2.75, 3.05) is 0 Å². The first-order chi connectivity index (χ1) is 8.50. The number of aliphatic hydroxyl groups is 1. The largest absolute Gasteiger partial charge is 0.508 e. The summed E-state index contributed by atoms with van der Waals surface area (Å²) in [4.78, 5) is 10.1. The predicted molar refractivity (Wildman–Crippen MR) is 65.0 cm³/mol. The molecule has 0 bridgehead atoms. The van der Waals surface area contributed by atoms with Crippen LogP contribution >= 0.6 is 0 Å². The second kappa shape index (κ2) is 4.91. The molecule has 2 atom stereocenters. The standard InChI is InChI=1S/C12H16N2O4/c13-11(12(16)7-2-1-3-7)9-6-8(14(17)18)4-5-10(9)15/h4-7,11-12,15-16H,1-3,13H2/t11-,12+/m0/s1. The van der Waals surface area contributed by atoms with E-state index in [0.29, 0.717) is 0 Å². The Morgan fingerprint density at radius 3 is 2.61 bits per heavy atom. The van der Waals surface area contributed by atoms with E-state index >= 15 is 0 Å². The van der Waals surface area contributed by atoms with Crippen molar-refractivity contribution in [1.82, 2.24) is 0 Å². The summed E-state index contributed by atoms with van der Waals surface area (Å²) in [7, 11) is 0. The van der Waals surface area contributed by atoms with Gasteiger partial charge < -0.3 is 15.9 Å². The van der Waals surface area contributed by atoms with E-state index < -0.39 is 17.1 Å². The van der Waals surface area contributed by atoms with E-state index in [-0.39, 0.29) is 22.9 Å². The average Bonchev–Trinajstić information content (AvgIpc) is 2.26. The third kappa shape index (κ3) is 2.30. The molecule has 0 aromatic heterocycles. The molecule has 0 amide bonds. The number of hydrogen-bond acceptors (Lipinski definition) is 5. The van der Waals surface area contributed by atoms with Crippen molar-refractivity contribution >= 4 is 5.69 Å². The molecule has 1 fully saturated rings. The van der Waals surface area contributed by atoms with Crippen LogP contribution in [0.4, 0.5) is 5.69 Å². The molecule has 4 N–H and O–H groups in total. The third-order valence-electron chi connectivity index (χ3n) is 3.58. The Bertz CT molecular complexity index is 459. The number of rotatable bonds is 4. The van der Waals surface area contributed by atoms with Gasteiger partial charge in [0, 0.05) is 17.7 Å². The Labute approximate surface area is 104 Å². The van der Waals surface area contributed by atoms with Crippen LogP contribution in [0.2, 0.25) is 0 Å². The molecule has 0 heterocycles. The summed E-state index contributed by atoms with van der Waals surface area (Å²) in [5.74, 6) is 0.00476. The lowest BCUT2D eigenvalue weighted by Gasteiger charge is -2.33. The number of non-ortho nitro benzene ring substituents is 1. The van der Waals surface area contributed by atoms with Crippen LogP contribution < -0.4 is 5.73 Å². The molecule has 0 aliphatic heterocycles. The number of phenols is 1. The molecule has 0 radical (unpaired) electrons. The van der Waals surface area contributed by atoms with E-state index in [1.165, 1.54) is 18.2 Å². The smallest absolute Gasteiger partial charge is 0.270 e. The summed E-state index contributed by atoms with van der Waals surface area (Å²) < 4.78 is 0. The number of phenolic OH excluding ortho intramolecular Hbond substituents is 1. The predicted octanol–water partition coefficient (Wildman–Crippen LogP) is 1.46. The highest BCUT2D eigenvalue weighted by atomic mass is 16.6. The first kappa shape index (κ1) is 12.8. The molecule has 0 unspecified atom stereocenters. The van der Waals surface area contributed by atoms with Crippen LogP contribution in [0.3, 0.4) is 0 Å². The second-order valence-electron chi connectivity index (χ2n) is 4.71. The molecular formula is C12H16N2O4. The van der Waals surface area contributed by atoms with Gasteiger partial charge in [-0.1, -0.05) is 6.42 Å². The minimum atomic E-state index is -0.796. The minimum Gasteiger partial charge on any atom is -0.508 e. The van der Waals surface area contributed by atoms with Crippen molar-refractivity contribution in [3.05, 3.63) is 33.9 Å². The molecule has 18 heavy (non-hydrogen) atoms. The summed E-state index contributed by atoms with van der Waals surface area (Å²) >= 11 is 0. The zero-order chi connectivity index (χ0) is 13.3. The Kier molecular flexibility index (Phi) is 3.49. The van der Waals surface area contributed by atoms with Crippen LogP contribution in [0.5, 0.6) is 5.75 Å². The molecule has 0 saturated heterocycles. The number of aromatic hydroxyl groups is 1. The maximum Gasteiger partial charge on any atom is 0.270 e. The van der Waals surface area contributed by atoms with E-state index in [2.05, 4.69) is 0 Å². The highest BCUT2D eigenvalue weighted by Gasteiger charge is 2.32. The minimum absolute atomic E-state index is 0.119. The number of nitro benzene ring substituents is 1. The third-order valence-corrected chi connectivity index (χ3v) is 3.58. The molecular weight excluding hydrogens is 236 g/mol. The molecule has 1 aliphatic carbocycles. The summed E-state index contributed by atoms with van der Waals surface area (Å²) in [5.41, 5.74) is 5.97. The van der Waals surface area contributed by atoms with Crippen LogP contribution in [0.25, 0.3) is 0 Å². The van der Waals surface area contributed by atoms with Crippen LogP contribution in [-0.4, -0.2) is 21.2 Å². The monoisotopic (exact) mass is 252 g/mol. The van der Waals surface area contributed by atoms with E-state index in [4.69, 9.17) is 5.73 Å². The molecule has 2 rings (SSSR count). The summed E-state index contributed by atoms with van der Waals surface area (Å²) in [6.07, 6.45) is 2.11. The fraction of sp³-hybridized carbons (Fsp3) is 0.500. The zero-order valence-electron chi connectivity index (χ0n) is 9.82. The highest BCUT2D eigenvalue weighted by molar-refractivity contribution is 5.45. The molecule has 6 nitrogen and oxygen atoms in total. The van der Waals surface area contributed by atoms with Crippen LogP contribution in [0.15, 0.2) is 18.2 Å². The van der Waals surface area contributed by atoms with Crippen molar-refractivity contribution in [1.29, 1.82) is 0 Å². The summed E-state index contributed by atoms with van der Waals surface area (Å²) in [5, 5.41) is 30.4. The zero-order valence-corrected chi connectivity index (χ0v) is 9.82. The van der Waals surface area contributed by atoms with Gasteiger partial charge in [0.25, 0.3) is 5.69 Å². The van der Waals surface area contributed by atoms with Crippen molar-refractivity contribution < 1.29 is 15.1 Å². The molecule has 1 aromatic rings. The van der Waals surface area contributed by atoms with E-state index in [1.807, 2.05) is 0 Å². The SMILES string of the molecule is N[C@@H](c1cc([N+](=O)[O-])ccc1O)[C@H](O)C1CCC1. The Morgan fingerprint density at radius 2 is 2.11 bits per heavy atom. The number of aliphatic hydroxyl groups excluding tert-OH is 1. The Hall–Kier alpha value is -1.66. The van der Waals surface area contributed by atoms with Gasteiger partial charge in [0.1, 0.15) is 5.75 Å². The second-order valence-corrected chi connectivity index (χ2v) is 4.71. The molecule has 0 spiro atoms. The van der Waals surface area contributed by atoms with Crippen molar-refractivity contribution in [3.63, 3.8) is 0 Å². The van der Waals surface area contributed by atoms with Crippen molar-refractivity contribution in [2.24, 2.45) is 11.7 Å². The number of benzene rings is 1. The average molecular weight is 252 g/mol. The maximum atomic E-state index is 10.7. The lowest BCUT2D eigenvalue weighted by atomic mass is 9.77.